The third-order valence-electron chi connectivity index (χ3n) is 3.65. The molecule has 0 unspecified atom stereocenters. The van der Waals surface area contributed by atoms with Crippen LogP contribution in [0.3, 0.4) is 0 Å². The highest BCUT2D eigenvalue weighted by atomic mass is 16.5. The van der Waals surface area contributed by atoms with Gasteiger partial charge < -0.3 is 13.6 Å². The van der Waals surface area contributed by atoms with Crippen LogP contribution in [0.2, 0.25) is 0 Å². The Labute approximate surface area is 152 Å². The Morgan fingerprint density at radius 1 is 0.963 bits per heavy atom. The highest BCUT2D eigenvalue weighted by Crippen LogP contribution is 2.20. The van der Waals surface area contributed by atoms with Gasteiger partial charge in [0.1, 0.15) is 5.58 Å². The van der Waals surface area contributed by atoms with Gasteiger partial charge in [0, 0.05) is 10.9 Å². The summed E-state index contributed by atoms with van der Waals surface area (Å²) in [4.78, 5) is 23.9. The summed E-state index contributed by atoms with van der Waals surface area (Å²) in [6.07, 6.45) is 0. The summed E-state index contributed by atoms with van der Waals surface area (Å²) in [6.45, 7) is -0.515. The van der Waals surface area contributed by atoms with Crippen LogP contribution in [0.15, 0.2) is 69.5 Å². The number of hydrogen-bond donors (Lipinski definition) is 1. The number of esters is 1. The smallest absolute Gasteiger partial charge is 0.374 e. The number of furan rings is 1. The zero-order valence-corrected chi connectivity index (χ0v) is 13.9. The minimum atomic E-state index is -0.739. The third kappa shape index (κ3) is 3.69. The summed E-state index contributed by atoms with van der Waals surface area (Å²) in [5.74, 6) is -1.06. The second-order valence-electron chi connectivity index (χ2n) is 5.55. The van der Waals surface area contributed by atoms with Crippen LogP contribution in [-0.4, -0.2) is 28.7 Å². The average molecular weight is 363 g/mol. The molecule has 27 heavy (non-hydrogen) atoms. The molecule has 2 aromatic carbocycles. The van der Waals surface area contributed by atoms with Crippen LogP contribution in [-0.2, 0) is 9.53 Å². The van der Waals surface area contributed by atoms with E-state index in [0.29, 0.717) is 5.58 Å². The number of ether oxygens (including phenoxy) is 1. The molecule has 4 rings (SSSR count). The SMILES string of the molecule is O=C(COC(=O)c1cc2ccccc2o1)Nc1nnc(-c2ccccc2)o1. The maximum absolute atomic E-state index is 12.0. The van der Waals surface area contributed by atoms with Crippen LogP contribution in [0.4, 0.5) is 6.01 Å². The summed E-state index contributed by atoms with van der Waals surface area (Å²) < 4.78 is 15.7. The average Bonchev–Trinajstić information content (AvgIpc) is 3.33. The molecular formula is C19H13N3O5. The zero-order chi connectivity index (χ0) is 18.6. The van der Waals surface area contributed by atoms with Crippen LogP contribution in [0.5, 0.6) is 0 Å². The van der Waals surface area contributed by atoms with Crippen molar-refractivity contribution in [2.45, 2.75) is 0 Å². The van der Waals surface area contributed by atoms with Gasteiger partial charge in [-0.25, -0.2) is 4.79 Å². The lowest BCUT2D eigenvalue weighted by molar-refractivity contribution is -0.119. The summed E-state index contributed by atoms with van der Waals surface area (Å²) in [5.41, 5.74) is 1.29. The number of hydrogen-bond acceptors (Lipinski definition) is 7. The van der Waals surface area contributed by atoms with Gasteiger partial charge in [-0.15, -0.1) is 5.10 Å². The van der Waals surface area contributed by atoms with Gasteiger partial charge in [0.15, 0.2) is 6.61 Å². The van der Waals surface area contributed by atoms with E-state index in [-0.39, 0.29) is 17.7 Å². The molecule has 0 atom stereocenters. The first-order chi connectivity index (χ1) is 13.2. The van der Waals surface area contributed by atoms with E-state index in [1.807, 2.05) is 30.3 Å². The molecule has 0 aliphatic carbocycles. The molecule has 0 spiro atoms. The molecule has 0 aliphatic rings. The Kier molecular flexibility index (Phi) is 4.36. The van der Waals surface area contributed by atoms with Crippen LogP contribution in [0, 0.1) is 0 Å². The molecule has 1 amide bonds. The number of carbonyl (C=O) groups excluding carboxylic acids is 2. The quantitative estimate of drug-likeness (QED) is 0.542. The Hall–Kier alpha value is -3.94. The maximum atomic E-state index is 12.0. The molecule has 2 aromatic heterocycles. The Bertz CT molecular complexity index is 1070. The number of benzene rings is 2. The first-order valence-electron chi connectivity index (χ1n) is 8.03. The molecule has 0 bridgehead atoms. The number of fused-ring (bicyclic) bond motifs is 1. The summed E-state index contributed by atoms with van der Waals surface area (Å²) >= 11 is 0. The molecule has 0 fully saturated rings. The highest BCUT2D eigenvalue weighted by Gasteiger charge is 2.17. The highest BCUT2D eigenvalue weighted by molar-refractivity contribution is 5.95. The number of rotatable bonds is 5. The lowest BCUT2D eigenvalue weighted by Gasteiger charge is -2.01. The number of nitrogens with zero attached hydrogens (tertiary/aromatic N) is 2. The van der Waals surface area contributed by atoms with E-state index < -0.39 is 18.5 Å². The molecular weight excluding hydrogens is 350 g/mol. The standard InChI is InChI=1S/C19H13N3O5/c23-16(20-19-22-21-17(27-19)12-6-2-1-3-7-12)11-25-18(24)15-10-13-8-4-5-9-14(13)26-15/h1-10H,11H2,(H,20,22,23). The van der Waals surface area contributed by atoms with E-state index in [2.05, 4.69) is 15.5 Å². The second-order valence-corrected chi connectivity index (χ2v) is 5.55. The van der Waals surface area contributed by atoms with Gasteiger partial charge in [-0.3, -0.25) is 10.1 Å². The van der Waals surface area contributed by atoms with Crippen molar-refractivity contribution in [2.24, 2.45) is 0 Å². The van der Waals surface area contributed by atoms with E-state index in [1.54, 1.807) is 30.3 Å². The fraction of sp³-hybridized carbons (Fsp3) is 0.0526. The van der Waals surface area contributed by atoms with Crippen LogP contribution in [0.25, 0.3) is 22.4 Å². The van der Waals surface area contributed by atoms with Crippen LogP contribution in [0.1, 0.15) is 10.6 Å². The van der Waals surface area contributed by atoms with Gasteiger partial charge >= 0.3 is 12.0 Å². The lowest BCUT2D eigenvalue weighted by atomic mass is 10.2. The van der Waals surface area contributed by atoms with E-state index in [4.69, 9.17) is 13.6 Å². The Balaban J connectivity index is 1.34. The number of para-hydroxylation sites is 1. The predicted octanol–water partition coefficient (Wildman–Crippen LogP) is 3.28. The number of anilines is 1. The molecule has 4 aromatic rings. The molecule has 1 N–H and O–H groups in total. The number of amides is 1. The second kappa shape index (κ2) is 7.12. The van der Waals surface area contributed by atoms with E-state index in [1.165, 1.54) is 0 Å². The number of nitrogens with one attached hydrogen (secondary N) is 1. The van der Waals surface area contributed by atoms with Crippen molar-refractivity contribution in [2.75, 3.05) is 11.9 Å². The monoisotopic (exact) mass is 363 g/mol. The van der Waals surface area contributed by atoms with Gasteiger partial charge in [0.25, 0.3) is 5.91 Å². The van der Waals surface area contributed by atoms with Gasteiger partial charge in [0.05, 0.1) is 0 Å². The summed E-state index contributed by atoms with van der Waals surface area (Å²) in [5, 5.41) is 10.7. The summed E-state index contributed by atoms with van der Waals surface area (Å²) in [6, 6.07) is 17.8. The molecule has 0 saturated carbocycles. The van der Waals surface area contributed by atoms with Crippen molar-refractivity contribution in [1.29, 1.82) is 0 Å². The lowest BCUT2D eigenvalue weighted by Crippen LogP contribution is -2.20. The van der Waals surface area contributed by atoms with Gasteiger partial charge in [-0.1, -0.05) is 41.5 Å². The van der Waals surface area contributed by atoms with E-state index >= 15 is 0 Å². The zero-order valence-electron chi connectivity index (χ0n) is 13.9. The molecule has 0 aliphatic heterocycles. The molecule has 0 saturated heterocycles. The number of aromatic nitrogens is 2. The molecule has 0 radical (unpaired) electrons. The van der Waals surface area contributed by atoms with Crippen molar-refractivity contribution in [3.05, 3.63) is 66.4 Å². The Morgan fingerprint density at radius 2 is 1.74 bits per heavy atom. The maximum Gasteiger partial charge on any atom is 0.374 e. The van der Waals surface area contributed by atoms with E-state index in [0.717, 1.165) is 10.9 Å². The fourth-order valence-electron chi connectivity index (χ4n) is 2.41. The molecule has 8 nitrogen and oxygen atoms in total. The third-order valence-corrected chi connectivity index (χ3v) is 3.65. The molecule has 134 valence electrons. The Morgan fingerprint density at radius 3 is 2.56 bits per heavy atom. The van der Waals surface area contributed by atoms with Crippen LogP contribution < -0.4 is 5.32 Å². The fourth-order valence-corrected chi connectivity index (χ4v) is 2.41. The van der Waals surface area contributed by atoms with Crippen molar-refractivity contribution in [1.82, 2.24) is 10.2 Å². The van der Waals surface area contributed by atoms with Crippen molar-refractivity contribution in [3.63, 3.8) is 0 Å². The van der Waals surface area contributed by atoms with Gasteiger partial charge in [-0.05, 0) is 24.3 Å². The van der Waals surface area contributed by atoms with Crippen molar-refractivity contribution < 1.29 is 23.2 Å². The first-order valence-corrected chi connectivity index (χ1v) is 8.03. The molecule has 2 heterocycles. The minimum Gasteiger partial charge on any atom is -0.450 e. The largest absolute Gasteiger partial charge is 0.450 e. The number of carbonyl (C=O) groups is 2. The van der Waals surface area contributed by atoms with Crippen molar-refractivity contribution >= 4 is 28.9 Å². The normalized spacial score (nSPS) is 10.7. The minimum absolute atomic E-state index is 0.0214. The van der Waals surface area contributed by atoms with Crippen LogP contribution >= 0.6 is 0 Å². The van der Waals surface area contributed by atoms with Gasteiger partial charge in [-0.2, -0.15) is 0 Å². The van der Waals surface area contributed by atoms with Gasteiger partial charge in [0.2, 0.25) is 11.7 Å². The van der Waals surface area contributed by atoms with E-state index in [9.17, 15) is 9.59 Å². The topological polar surface area (TPSA) is 107 Å². The summed E-state index contributed by atoms with van der Waals surface area (Å²) in [7, 11) is 0. The molecule has 8 heteroatoms. The van der Waals surface area contributed by atoms with Crippen molar-refractivity contribution in [3.8, 4) is 11.5 Å². The first kappa shape index (κ1) is 16.5. The predicted molar refractivity (Wildman–Crippen MR) is 94.9 cm³/mol.